The molecule has 0 spiro atoms. The van der Waals surface area contributed by atoms with Crippen LogP contribution in [-0.4, -0.2) is 27.4 Å². The molecule has 0 unspecified atom stereocenters. The maximum absolute atomic E-state index is 11.9. The van der Waals surface area contributed by atoms with E-state index in [0.29, 0.717) is 23.9 Å². The fourth-order valence-corrected chi connectivity index (χ4v) is 2.58. The van der Waals surface area contributed by atoms with Crippen LogP contribution < -0.4 is 15.7 Å². The highest BCUT2D eigenvalue weighted by molar-refractivity contribution is 7.22. The molecule has 116 valence electrons. The van der Waals surface area contributed by atoms with E-state index >= 15 is 0 Å². The van der Waals surface area contributed by atoms with Crippen LogP contribution in [0.25, 0.3) is 10.2 Å². The Labute approximate surface area is 125 Å². The third-order valence-electron chi connectivity index (χ3n) is 2.53. The molecule has 0 aliphatic rings. The second-order valence-corrected chi connectivity index (χ2v) is 4.94. The van der Waals surface area contributed by atoms with Gasteiger partial charge in [0.1, 0.15) is 0 Å². The molecule has 0 aliphatic carbocycles. The molecule has 1 heterocycles. The smallest absolute Gasteiger partial charge is 0.321 e. The first-order valence-electron chi connectivity index (χ1n) is 5.83. The number of fused-ring (bicyclic) bond motifs is 1. The summed E-state index contributed by atoms with van der Waals surface area (Å²) in [6.07, 6.45) is 0. The number of urea groups is 1. The van der Waals surface area contributed by atoms with E-state index in [4.69, 9.17) is 0 Å². The molecule has 12 heteroatoms. The van der Waals surface area contributed by atoms with Crippen molar-refractivity contribution in [1.29, 1.82) is 0 Å². The number of non-ortho nitro benzene ring substituents is 1. The lowest BCUT2D eigenvalue weighted by molar-refractivity contribution is -0.402. The molecule has 11 nitrogen and oxygen atoms in total. The van der Waals surface area contributed by atoms with Crippen molar-refractivity contribution in [3.63, 3.8) is 0 Å². The van der Waals surface area contributed by atoms with E-state index in [0.717, 1.165) is 0 Å². The lowest BCUT2D eigenvalue weighted by Gasteiger charge is -2.06. The summed E-state index contributed by atoms with van der Waals surface area (Å²) in [5.74, 6) is -0.980. The molecular formula is C10H8N5O6S-. The zero-order valence-corrected chi connectivity index (χ0v) is 11.8. The SMILES string of the molecule is CCNC(=O)Nc1nc2c([N+](=O)[O-])cc([N+](=O)[O-])c([O-])c2s1. The van der Waals surface area contributed by atoms with E-state index < -0.39 is 33.0 Å². The van der Waals surface area contributed by atoms with Gasteiger partial charge in [0, 0.05) is 6.54 Å². The van der Waals surface area contributed by atoms with E-state index in [1.54, 1.807) is 6.92 Å². The molecule has 1 aromatic heterocycles. The number of carbonyl (C=O) groups excluding carboxylic acids is 1. The van der Waals surface area contributed by atoms with Crippen molar-refractivity contribution in [2.24, 2.45) is 0 Å². The monoisotopic (exact) mass is 326 g/mol. The van der Waals surface area contributed by atoms with Gasteiger partial charge in [-0.3, -0.25) is 25.5 Å². The Morgan fingerprint density at radius 3 is 2.50 bits per heavy atom. The van der Waals surface area contributed by atoms with Gasteiger partial charge in [0.05, 0.1) is 20.6 Å². The Hall–Kier alpha value is -3.02. The summed E-state index contributed by atoms with van der Waals surface area (Å²) >= 11 is 0.637. The van der Waals surface area contributed by atoms with Gasteiger partial charge in [0.25, 0.3) is 5.69 Å². The minimum Gasteiger partial charge on any atom is -0.867 e. The maximum Gasteiger partial charge on any atom is 0.321 e. The van der Waals surface area contributed by atoms with Crippen LogP contribution in [0, 0.1) is 20.2 Å². The molecule has 0 radical (unpaired) electrons. The molecule has 2 aromatic rings. The van der Waals surface area contributed by atoms with Crippen molar-refractivity contribution in [2.45, 2.75) is 6.92 Å². The summed E-state index contributed by atoms with van der Waals surface area (Å²) < 4.78 is -0.257. The number of benzene rings is 1. The number of carbonyl (C=O) groups is 1. The lowest BCUT2D eigenvalue weighted by atomic mass is 10.2. The molecule has 0 fully saturated rings. The van der Waals surface area contributed by atoms with Crippen molar-refractivity contribution in [3.05, 3.63) is 26.3 Å². The number of aromatic nitrogens is 1. The highest BCUT2D eigenvalue weighted by Gasteiger charge is 2.24. The minimum atomic E-state index is -0.995. The van der Waals surface area contributed by atoms with Crippen LogP contribution in [0.3, 0.4) is 0 Å². The number of hydrogen-bond acceptors (Lipinski definition) is 8. The predicted molar refractivity (Wildman–Crippen MR) is 75.1 cm³/mol. The molecular weight excluding hydrogens is 318 g/mol. The number of rotatable bonds is 4. The summed E-state index contributed by atoms with van der Waals surface area (Å²) in [6, 6.07) is -0.0357. The molecule has 0 saturated carbocycles. The van der Waals surface area contributed by atoms with Crippen molar-refractivity contribution in [2.75, 3.05) is 11.9 Å². The zero-order valence-electron chi connectivity index (χ0n) is 11.0. The Bertz CT molecular complexity index is 788. The third kappa shape index (κ3) is 2.71. The van der Waals surface area contributed by atoms with Gasteiger partial charge in [0.15, 0.2) is 10.6 Å². The van der Waals surface area contributed by atoms with Gasteiger partial charge in [-0.15, -0.1) is 0 Å². The molecule has 0 atom stereocenters. The van der Waals surface area contributed by atoms with Crippen LogP contribution in [-0.2, 0) is 0 Å². The normalized spacial score (nSPS) is 10.4. The van der Waals surface area contributed by atoms with Crippen molar-refractivity contribution in [1.82, 2.24) is 10.3 Å². The number of amides is 2. The van der Waals surface area contributed by atoms with E-state index in [1.165, 1.54) is 0 Å². The number of nitrogens with zero attached hydrogens (tertiary/aromatic N) is 3. The van der Waals surface area contributed by atoms with Gasteiger partial charge in [-0.2, -0.15) is 0 Å². The largest absolute Gasteiger partial charge is 0.867 e. The topological polar surface area (TPSA) is 163 Å². The Morgan fingerprint density at radius 1 is 1.32 bits per heavy atom. The molecule has 22 heavy (non-hydrogen) atoms. The molecule has 1 aromatic carbocycles. The Kier molecular flexibility index (Phi) is 4.03. The van der Waals surface area contributed by atoms with Crippen molar-refractivity contribution >= 4 is 44.1 Å². The van der Waals surface area contributed by atoms with Crippen LogP contribution >= 0.6 is 11.3 Å². The van der Waals surface area contributed by atoms with Crippen molar-refractivity contribution < 1.29 is 19.7 Å². The van der Waals surface area contributed by atoms with Gasteiger partial charge >= 0.3 is 11.7 Å². The highest BCUT2D eigenvalue weighted by Crippen LogP contribution is 2.42. The van der Waals surface area contributed by atoms with Crippen LogP contribution in [0.2, 0.25) is 0 Å². The first kappa shape index (κ1) is 15.4. The average molecular weight is 326 g/mol. The zero-order chi connectivity index (χ0) is 16.4. The summed E-state index contributed by atoms with van der Waals surface area (Å²) in [4.78, 5) is 35.1. The summed E-state index contributed by atoms with van der Waals surface area (Å²) in [6.45, 7) is 2.02. The first-order chi connectivity index (χ1) is 10.3. The quantitative estimate of drug-likeness (QED) is 0.631. The van der Waals surface area contributed by atoms with E-state index in [1.807, 2.05) is 0 Å². The third-order valence-corrected chi connectivity index (χ3v) is 3.50. The molecule has 2 rings (SSSR count). The minimum absolute atomic E-state index is 0.0679. The predicted octanol–water partition coefficient (Wildman–Crippen LogP) is 1.33. The molecule has 0 aliphatic heterocycles. The Balaban J connectivity index is 2.61. The van der Waals surface area contributed by atoms with Crippen LogP contribution in [0.15, 0.2) is 6.07 Å². The molecule has 2 N–H and O–H groups in total. The van der Waals surface area contributed by atoms with Crippen LogP contribution in [0.1, 0.15) is 6.92 Å². The number of nitro groups is 2. The summed E-state index contributed by atoms with van der Waals surface area (Å²) in [5, 5.41) is 38.4. The van der Waals surface area contributed by atoms with Crippen LogP contribution in [0.5, 0.6) is 5.75 Å². The fraction of sp³-hybridized carbons (Fsp3) is 0.200. The van der Waals surface area contributed by atoms with E-state index in [-0.39, 0.29) is 15.3 Å². The standard InChI is InChI=1S/C10H9N5O6S/c1-2-11-9(17)13-10-12-6-4(14(18)19)3-5(15(20)21)7(16)8(6)22-10/h3,16H,2H2,1H3,(H2,11,12,13,17)/p-1. The number of thiazole rings is 1. The first-order valence-corrected chi connectivity index (χ1v) is 6.65. The van der Waals surface area contributed by atoms with Gasteiger partial charge in [-0.05, 0) is 12.7 Å². The number of nitrogens with one attached hydrogen (secondary N) is 2. The van der Waals surface area contributed by atoms with E-state index in [9.17, 15) is 30.1 Å². The highest BCUT2D eigenvalue weighted by atomic mass is 32.1. The number of hydrogen-bond donors (Lipinski definition) is 2. The summed E-state index contributed by atoms with van der Waals surface area (Å²) in [7, 11) is 0. The molecule has 2 amide bonds. The van der Waals surface area contributed by atoms with E-state index in [2.05, 4.69) is 15.6 Å². The number of anilines is 1. The van der Waals surface area contributed by atoms with Gasteiger partial charge in [-0.25, -0.2) is 9.78 Å². The number of nitro benzene ring substituents is 2. The lowest BCUT2D eigenvalue weighted by Crippen LogP contribution is -2.28. The van der Waals surface area contributed by atoms with Gasteiger partial charge < -0.3 is 10.4 Å². The summed E-state index contributed by atoms with van der Waals surface area (Å²) in [5.41, 5.74) is -1.87. The Morgan fingerprint density at radius 2 is 1.95 bits per heavy atom. The van der Waals surface area contributed by atoms with Gasteiger partial charge in [-0.1, -0.05) is 11.3 Å². The second kappa shape index (κ2) is 5.77. The fourth-order valence-electron chi connectivity index (χ4n) is 1.66. The average Bonchev–Trinajstić information content (AvgIpc) is 2.82. The maximum atomic E-state index is 11.9. The molecule has 0 bridgehead atoms. The second-order valence-electron chi connectivity index (χ2n) is 3.94. The molecule has 0 saturated heterocycles. The van der Waals surface area contributed by atoms with Crippen LogP contribution in [0.4, 0.5) is 21.3 Å². The van der Waals surface area contributed by atoms with Gasteiger partial charge in [0.2, 0.25) is 0 Å². The van der Waals surface area contributed by atoms with Crippen molar-refractivity contribution in [3.8, 4) is 5.75 Å².